The van der Waals surface area contributed by atoms with Gasteiger partial charge in [-0.2, -0.15) is 5.26 Å². The molecule has 0 radical (unpaired) electrons. The Morgan fingerprint density at radius 1 is 1.06 bits per heavy atom. The van der Waals surface area contributed by atoms with Crippen LogP contribution in [0, 0.1) is 11.3 Å². The summed E-state index contributed by atoms with van der Waals surface area (Å²) < 4.78 is 5.62. The van der Waals surface area contributed by atoms with Gasteiger partial charge in [0.05, 0.1) is 50.2 Å². The molecule has 1 aliphatic heterocycles. The van der Waals surface area contributed by atoms with Crippen molar-refractivity contribution >= 4 is 58.2 Å². The van der Waals surface area contributed by atoms with Gasteiger partial charge < -0.3 is 20.4 Å². The summed E-state index contributed by atoms with van der Waals surface area (Å²) in [5.41, 5.74) is 2.32. The number of allylic oxidation sites excluding steroid dienone is 2. The number of amides is 2. The maximum Gasteiger partial charge on any atom is 0.254 e. The highest BCUT2D eigenvalue weighted by molar-refractivity contribution is 8.03. The number of halogens is 2. The van der Waals surface area contributed by atoms with Crippen molar-refractivity contribution in [3.63, 3.8) is 0 Å². The minimum Gasteiger partial charge on any atom is -0.468 e. The summed E-state index contributed by atoms with van der Waals surface area (Å²) in [7, 11) is 0. The van der Waals surface area contributed by atoms with Crippen LogP contribution in [0.1, 0.15) is 18.6 Å². The Hall–Kier alpha value is -3.64. The van der Waals surface area contributed by atoms with Crippen LogP contribution < -0.4 is 16.0 Å². The molecule has 3 N–H and O–H groups in total. The molecule has 1 atom stereocenters. The van der Waals surface area contributed by atoms with Crippen molar-refractivity contribution in [2.24, 2.45) is 0 Å². The van der Waals surface area contributed by atoms with Gasteiger partial charge in [0.15, 0.2) is 0 Å². The topological polar surface area (TPSA) is 107 Å². The number of benzene rings is 2. The molecule has 4 rings (SSSR count). The van der Waals surface area contributed by atoms with Crippen LogP contribution in [0.5, 0.6) is 0 Å². The van der Waals surface area contributed by atoms with Crippen LogP contribution in [0.2, 0.25) is 10.0 Å². The molecule has 1 aliphatic rings. The first-order valence-corrected chi connectivity index (χ1v) is 12.5. The molecular weight excluding hydrogens is 519 g/mol. The number of thioether (sulfide) groups is 1. The number of rotatable bonds is 7. The standard InChI is InChI=1S/C26H20Cl2N4O3S/c1-15-23(25(34)32-16-6-3-2-4-7-16)24(21-8-5-11-35-21)18(13-29)26(30-15)36-14-22(33)31-17-9-10-19(27)20(28)12-17/h2-12,24,30H,14H2,1H3,(H,31,33)(H,32,34). The molecule has 2 heterocycles. The molecule has 0 spiro atoms. The molecule has 2 aromatic carbocycles. The maximum absolute atomic E-state index is 13.3. The summed E-state index contributed by atoms with van der Waals surface area (Å²) >= 11 is 13.1. The second-order valence-corrected chi connectivity index (χ2v) is 9.55. The lowest BCUT2D eigenvalue weighted by molar-refractivity contribution is -0.114. The molecule has 0 saturated carbocycles. The minimum absolute atomic E-state index is 0.0114. The monoisotopic (exact) mass is 538 g/mol. The summed E-state index contributed by atoms with van der Waals surface area (Å²) in [6.45, 7) is 1.75. The quantitative estimate of drug-likeness (QED) is 0.326. The Kier molecular flexibility index (Phi) is 8.06. The molecule has 182 valence electrons. The average Bonchev–Trinajstić information content (AvgIpc) is 3.40. The van der Waals surface area contributed by atoms with Gasteiger partial charge >= 0.3 is 0 Å². The molecule has 10 heteroatoms. The SMILES string of the molecule is CC1=C(C(=O)Nc2ccccc2)C(c2ccco2)C(C#N)=C(SCC(=O)Nc2ccc(Cl)c(Cl)c2)N1. The van der Waals surface area contributed by atoms with Crippen molar-refractivity contribution in [2.45, 2.75) is 12.8 Å². The normalized spacial score (nSPS) is 15.2. The fraction of sp³-hybridized carbons (Fsp3) is 0.115. The van der Waals surface area contributed by atoms with Gasteiger partial charge in [0.25, 0.3) is 5.91 Å². The highest BCUT2D eigenvalue weighted by Crippen LogP contribution is 2.41. The molecule has 1 unspecified atom stereocenters. The zero-order valence-corrected chi connectivity index (χ0v) is 21.3. The Labute approximate surface area is 222 Å². The van der Waals surface area contributed by atoms with Crippen LogP contribution in [-0.4, -0.2) is 17.6 Å². The number of para-hydroxylation sites is 1. The van der Waals surface area contributed by atoms with Crippen molar-refractivity contribution in [2.75, 3.05) is 16.4 Å². The average molecular weight is 539 g/mol. The van der Waals surface area contributed by atoms with Gasteiger partial charge in [-0.1, -0.05) is 53.2 Å². The third-order valence-electron chi connectivity index (χ3n) is 5.30. The molecule has 0 saturated heterocycles. The van der Waals surface area contributed by atoms with Gasteiger partial charge in [0.1, 0.15) is 5.76 Å². The number of carbonyl (C=O) groups is 2. The lowest BCUT2D eigenvalue weighted by atomic mass is 9.85. The second kappa shape index (κ2) is 11.4. The molecular formula is C26H20Cl2N4O3S. The first-order valence-electron chi connectivity index (χ1n) is 10.8. The highest BCUT2D eigenvalue weighted by atomic mass is 35.5. The largest absolute Gasteiger partial charge is 0.468 e. The van der Waals surface area contributed by atoms with Crippen LogP contribution in [-0.2, 0) is 9.59 Å². The van der Waals surface area contributed by atoms with Crippen molar-refractivity contribution in [1.29, 1.82) is 5.26 Å². The lowest BCUT2D eigenvalue weighted by Crippen LogP contribution is -2.31. The Bertz CT molecular complexity index is 1400. The number of nitrogens with zero attached hydrogens (tertiary/aromatic N) is 1. The van der Waals surface area contributed by atoms with E-state index in [1.165, 1.54) is 6.26 Å². The smallest absolute Gasteiger partial charge is 0.254 e. The number of hydrogen-bond acceptors (Lipinski definition) is 6. The van der Waals surface area contributed by atoms with Crippen LogP contribution in [0.25, 0.3) is 0 Å². The fourth-order valence-corrected chi connectivity index (χ4v) is 4.89. The summed E-state index contributed by atoms with van der Waals surface area (Å²) in [4.78, 5) is 25.9. The molecule has 36 heavy (non-hydrogen) atoms. The number of anilines is 2. The third kappa shape index (κ3) is 5.77. The molecule has 0 fully saturated rings. The van der Waals surface area contributed by atoms with Gasteiger partial charge in [-0.3, -0.25) is 9.59 Å². The van der Waals surface area contributed by atoms with E-state index in [1.54, 1.807) is 49.4 Å². The van der Waals surface area contributed by atoms with Crippen LogP contribution in [0.15, 0.2) is 93.2 Å². The Morgan fingerprint density at radius 2 is 1.83 bits per heavy atom. The second-order valence-electron chi connectivity index (χ2n) is 7.75. The van der Waals surface area contributed by atoms with Crippen LogP contribution >= 0.6 is 35.0 Å². The van der Waals surface area contributed by atoms with E-state index in [2.05, 4.69) is 22.0 Å². The number of hydrogen-bond donors (Lipinski definition) is 3. The van der Waals surface area contributed by atoms with E-state index < -0.39 is 5.92 Å². The van der Waals surface area contributed by atoms with E-state index >= 15 is 0 Å². The van der Waals surface area contributed by atoms with Crippen molar-refractivity contribution in [1.82, 2.24) is 5.32 Å². The fourth-order valence-electron chi connectivity index (χ4n) is 3.70. The lowest BCUT2D eigenvalue weighted by Gasteiger charge is -2.28. The number of carbonyl (C=O) groups excluding carboxylic acids is 2. The first kappa shape index (κ1) is 25.5. The molecule has 7 nitrogen and oxygen atoms in total. The predicted octanol–water partition coefficient (Wildman–Crippen LogP) is 6.29. The number of nitrogens with one attached hydrogen (secondary N) is 3. The predicted molar refractivity (Wildman–Crippen MR) is 143 cm³/mol. The molecule has 0 aliphatic carbocycles. The molecule has 3 aromatic rings. The van der Waals surface area contributed by atoms with Crippen LogP contribution in [0.3, 0.4) is 0 Å². The zero-order chi connectivity index (χ0) is 25.7. The maximum atomic E-state index is 13.3. The van der Waals surface area contributed by atoms with Gasteiger partial charge in [-0.05, 0) is 49.4 Å². The number of furan rings is 1. The molecule has 0 bridgehead atoms. The van der Waals surface area contributed by atoms with Gasteiger partial charge in [0, 0.05) is 17.1 Å². The molecule has 1 aromatic heterocycles. The summed E-state index contributed by atoms with van der Waals surface area (Å²) in [6.07, 6.45) is 1.49. The first-order chi connectivity index (χ1) is 17.4. The number of dihydropyridines is 1. The van der Waals surface area contributed by atoms with Gasteiger partial charge in [-0.25, -0.2) is 0 Å². The summed E-state index contributed by atoms with van der Waals surface area (Å²) in [5.74, 6) is -0.938. The van der Waals surface area contributed by atoms with E-state index in [0.29, 0.717) is 43.5 Å². The highest BCUT2D eigenvalue weighted by Gasteiger charge is 2.36. The van der Waals surface area contributed by atoms with E-state index in [0.717, 1.165) is 11.8 Å². The van der Waals surface area contributed by atoms with Crippen molar-refractivity contribution < 1.29 is 14.0 Å². The van der Waals surface area contributed by atoms with Crippen molar-refractivity contribution in [3.8, 4) is 6.07 Å². The number of nitriles is 1. The summed E-state index contributed by atoms with van der Waals surface area (Å²) in [5, 5.41) is 20.0. The minimum atomic E-state index is -0.740. The van der Waals surface area contributed by atoms with E-state index in [-0.39, 0.29) is 23.1 Å². The Balaban J connectivity index is 1.57. The van der Waals surface area contributed by atoms with E-state index in [4.69, 9.17) is 27.6 Å². The van der Waals surface area contributed by atoms with Crippen LogP contribution in [0.4, 0.5) is 11.4 Å². The van der Waals surface area contributed by atoms with E-state index in [1.807, 2.05) is 18.2 Å². The Morgan fingerprint density at radius 3 is 2.50 bits per heavy atom. The zero-order valence-electron chi connectivity index (χ0n) is 19.0. The third-order valence-corrected chi connectivity index (χ3v) is 7.06. The molecule has 2 amide bonds. The van der Waals surface area contributed by atoms with Gasteiger partial charge in [0.2, 0.25) is 5.91 Å². The van der Waals surface area contributed by atoms with Gasteiger partial charge in [-0.15, -0.1) is 0 Å². The van der Waals surface area contributed by atoms with E-state index in [9.17, 15) is 14.9 Å². The summed E-state index contributed by atoms with van der Waals surface area (Å²) in [6, 6.07) is 19.5. The van der Waals surface area contributed by atoms with Crippen molar-refractivity contribution in [3.05, 3.63) is 105 Å².